The minimum atomic E-state index is 1.02. The van der Waals surface area contributed by atoms with Crippen molar-refractivity contribution in [1.29, 1.82) is 0 Å². The molecule has 0 unspecified atom stereocenters. The smallest absolute Gasteiger partial charge is 0.0481 e. The molecule has 3 heteroatoms. The molecule has 1 saturated heterocycles. The van der Waals surface area contributed by atoms with Crippen LogP contribution in [0.2, 0.25) is 0 Å². The number of piperazine rings is 1. The Kier molecular flexibility index (Phi) is 5.37. The Morgan fingerprint density at radius 2 is 1.84 bits per heavy atom. The summed E-state index contributed by atoms with van der Waals surface area (Å²) in [5, 5.41) is 6.94. The summed E-state index contributed by atoms with van der Waals surface area (Å²) in [6.07, 6.45) is 1.12. The minimum absolute atomic E-state index is 1.02. The summed E-state index contributed by atoms with van der Waals surface area (Å²) in [4.78, 5) is 2.48. The van der Waals surface area contributed by atoms with Crippen LogP contribution in [0.25, 0.3) is 0 Å². The van der Waals surface area contributed by atoms with Gasteiger partial charge in [-0.2, -0.15) is 0 Å². The SMILES string of the molecule is Cc1ccc(CCNCN2CCNCC2)c(C)c1C. The summed E-state index contributed by atoms with van der Waals surface area (Å²) in [5.74, 6) is 0. The first-order valence-corrected chi connectivity index (χ1v) is 7.38. The summed E-state index contributed by atoms with van der Waals surface area (Å²) in [6.45, 7) is 13.3. The first kappa shape index (κ1) is 14.5. The molecule has 1 aliphatic rings. The molecular weight excluding hydrogens is 234 g/mol. The van der Waals surface area contributed by atoms with Crippen molar-refractivity contribution in [3.05, 3.63) is 34.4 Å². The van der Waals surface area contributed by atoms with E-state index in [4.69, 9.17) is 0 Å². The Balaban J connectivity index is 1.75. The van der Waals surface area contributed by atoms with Gasteiger partial charge in [-0.15, -0.1) is 0 Å². The number of benzene rings is 1. The fraction of sp³-hybridized carbons (Fsp3) is 0.625. The van der Waals surface area contributed by atoms with Crippen molar-refractivity contribution in [2.45, 2.75) is 27.2 Å². The van der Waals surface area contributed by atoms with Crippen molar-refractivity contribution in [2.75, 3.05) is 39.4 Å². The topological polar surface area (TPSA) is 27.3 Å². The second-order valence-corrected chi connectivity index (χ2v) is 5.57. The lowest BCUT2D eigenvalue weighted by Gasteiger charge is -2.27. The standard InChI is InChI=1S/C16H27N3/c1-13-4-5-16(15(3)14(13)2)6-7-18-12-19-10-8-17-9-11-19/h4-5,17-18H,6-12H2,1-3H3. The average molecular weight is 261 g/mol. The predicted molar refractivity (Wildman–Crippen MR) is 81.7 cm³/mol. The van der Waals surface area contributed by atoms with E-state index in [9.17, 15) is 0 Å². The molecule has 19 heavy (non-hydrogen) atoms. The van der Waals surface area contributed by atoms with E-state index in [1.54, 1.807) is 0 Å². The summed E-state index contributed by atoms with van der Waals surface area (Å²) in [7, 11) is 0. The molecule has 1 fully saturated rings. The number of nitrogens with zero attached hydrogens (tertiary/aromatic N) is 1. The molecule has 0 spiro atoms. The van der Waals surface area contributed by atoms with Crippen molar-refractivity contribution in [3.8, 4) is 0 Å². The van der Waals surface area contributed by atoms with Crippen molar-refractivity contribution < 1.29 is 0 Å². The van der Waals surface area contributed by atoms with E-state index in [1.165, 1.54) is 22.3 Å². The Morgan fingerprint density at radius 1 is 1.11 bits per heavy atom. The quantitative estimate of drug-likeness (QED) is 0.789. The number of hydrogen-bond acceptors (Lipinski definition) is 3. The molecule has 1 heterocycles. The Labute approximate surface area is 117 Å². The molecule has 106 valence electrons. The van der Waals surface area contributed by atoms with Gasteiger partial charge in [0, 0.05) is 39.4 Å². The largest absolute Gasteiger partial charge is 0.314 e. The van der Waals surface area contributed by atoms with E-state index >= 15 is 0 Å². The van der Waals surface area contributed by atoms with Gasteiger partial charge in [-0.05, 0) is 49.4 Å². The third-order valence-electron chi connectivity index (χ3n) is 4.29. The minimum Gasteiger partial charge on any atom is -0.314 e. The number of hydrogen-bond donors (Lipinski definition) is 2. The van der Waals surface area contributed by atoms with Crippen molar-refractivity contribution in [1.82, 2.24) is 15.5 Å². The highest BCUT2D eigenvalue weighted by Gasteiger charge is 2.08. The fourth-order valence-electron chi connectivity index (χ4n) is 2.61. The van der Waals surface area contributed by atoms with Crippen LogP contribution in [-0.4, -0.2) is 44.3 Å². The van der Waals surface area contributed by atoms with Crippen LogP contribution in [0.5, 0.6) is 0 Å². The maximum absolute atomic E-state index is 3.56. The van der Waals surface area contributed by atoms with E-state index in [0.717, 1.165) is 45.8 Å². The van der Waals surface area contributed by atoms with Gasteiger partial charge < -0.3 is 10.6 Å². The lowest BCUT2D eigenvalue weighted by atomic mass is 9.97. The molecule has 2 rings (SSSR count). The maximum atomic E-state index is 3.56. The summed E-state index contributed by atoms with van der Waals surface area (Å²) >= 11 is 0. The summed E-state index contributed by atoms with van der Waals surface area (Å²) < 4.78 is 0. The molecule has 0 saturated carbocycles. The Morgan fingerprint density at radius 3 is 2.58 bits per heavy atom. The second-order valence-electron chi connectivity index (χ2n) is 5.57. The van der Waals surface area contributed by atoms with Crippen molar-refractivity contribution in [3.63, 3.8) is 0 Å². The molecule has 3 nitrogen and oxygen atoms in total. The van der Waals surface area contributed by atoms with Crippen LogP contribution in [-0.2, 0) is 6.42 Å². The maximum Gasteiger partial charge on any atom is 0.0481 e. The van der Waals surface area contributed by atoms with Crippen LogP contribution in [0.1, 0.15) is 22.3 Å². The van der Waals surface area contributed by atoms with Gasteiger partial charge in [0.1, 0.15) is 0 Å². The van der Waals surface area contributed by atoms with E-state index < -0.39 is 0 Å². The van der Waals surface area contributed by atoms with Gasteiger partial charge in [0.2, 0.25) is 0 Å². The molecule has 1 aliphatic heterocycles. The molecule has 0 aromatic heterocycles. The van der Waals surface area contributed by atoms with Crippen LogP contribution < -0.4 is 10.6 Å². The Hall–Kier alpha value is -0.900. The first-order valence-electron chi connectivity index (χ1n) is 7.38. The molecule has 0 atom stereocenters. The van der Waals surface area contributed by atoms with Gasteiger partial charge in [0.05, 0.1) is 0 Å². The lowest BCUT2D eigenvalue weighted by molar-refractivity contribution is 0.224. The monoisotopic (exact) mass is 261 g/mol. The highest BCUT2D eigenvalue weighted by Crippen LogP contribution is 2.17. The van der Waals surface area contributed by atoms with Gasteiger partial charge in [-0.3, -0.25) is 4.90 Å². The van der Waals surface area contributed by atoms with Crippen molar-refractivity contribution in [2.24, 2.45) is 0 Å². The van der Waals surface area contributed by atoms with E-state index in [-0.39, 0.29) is 0 Å². The number of aryl methyl sites for hydroxylation is 1. The van der Waals surface area contributed by atoms with Crippen LogP contribution in [0.3, 0.4) is 0 Å². The van der Waals surface area contributed by atoms with E-state index in [0.29, 0.717) is 0 Å². The molecule has 1 aromatic carbocycles. The normalized spacial score (nSPS) is 16.8. The zero-order chi connectivity index (χ0) is 13.7. The van der Waals surface area contributed by atoms with E-state index in [2.05, 4.69) is 48.4 Å². The molecule has 0 amide bonds. The third kappa shape index (κ3) is 4.03. The van der Waals surface area contributed by atoms with Crippen LogP contribution in [0.4, 0.5) is 0 Å². The zero-order valence-corrected chi connectivity index (χ0v) is 12.6. The number of nitrogens with one attached hydrogen (secondary N) is 2. The molecule has 0 radical (unpaired) electrons. The lowest BCUT2D eigenvalue weighted by Crippen LogP contribution is -2.47. The summed E-state index contributed by atoms with van der Waals surface area (Å²) in [6, 6.07) is 4.53. The van der Waals surface area contributed by atoms with Gasteiger partial charge in [-0.25, -0.2) is 0 Å². The fourth-order valence-corrected chi connectivity index (χ4v) is 2.61. The highest BCUT2D eigenvalue weighted by atomic mass is 15.2. The molecule has 2 N–H and O–H groups in total. The second kappa shape index (κ2) is 7.04. The summed E-state index contributed by atoms with van der Waals surface area (Å²) in [5.41, 5.74) is 5.79. The van der Waals surface area contributed by atoms with Gasteiger partial charge in [-0.1, -0.05) is 12.1 Å². The van der Waals surface area contributed by atoms with Crippen LogP contribution >= 0.6 is 0 Å². The third-order valence-corrected chi connectivity index (χ3v) is 4.29. The zero-order valence-electron chi connectivity index (χ0n) is 12.6. The first-order chi connectivity index (χ1) is 9.18. The van der Waals surface area contributed by atoms with E-state index in [1.807, 2.05) is 0 Å². The van der Waals surface area contributed by atoms with Crippen LogP contribution in [0, 0.1) is 20.8 Å². The molecular formula is C16H27N3. The Bertz CT molecular complexity index is 409. The predicted octanol–water partition coefficient (Wildman–Crippen LogP) is 1.61. The van der Waals surface area contributed by atoms with Gasteiger partial charge >= 0.3 is 0 Å². The van der Waals surface area contributed by atoms with Crippen molar-refractivity contribution >= 4 is 0 Å². The van der Waals surface area contributed by atoms with Gasteiger partial charge in [0.25, 0.3) is 0 Å². The van der Waals surface area contributed by atoms with Crippen LogP contribution in [0.15, 0.2) is 12.1 Å². The molecule has 0 bridgehead atoms. The highest BCUT2D eigenvalue weighted by molar-refractivity contribution is 5.38. The average Bonchev–Trinajstić information content (AvgIpc) is 2.44. The molecule has 0 aliphatic carbocycles. The molecule has 1 aromatic rings. The van der Waals surface area contributed by atoms with Gasteiger partial charge in [0.15, 0.2) is 0 Å². The number of rotatable bonds is 5.